The Bertz CT molecular complexity index is 824. The first-order valence-electron chi connectivity index (χ1n) is 12.0. The summed E-state index contributed by atoms with van der Waals surface area (Å²) >= 11 is 0. The molecule has 0 radical (unpaired) electrons. The first-order valence-corrected chi connectivity index (χ1v) is 12.0. The van der Waals surface area contributed by atoms with E-state index in [1.807, 2.05) is 6.07 Å². The lowest BCUT2D eigenvalue weighted by Crippen LogP contribution is -2.58. The zero-order valence-electron chi connectivity index (χ0n) is 20.1. The highest BCUT2D eigenvalue weighted by atomic mass is 16.3. The minimum absolute atomic E-state index is 0.189. The molecule has 0 spiro atoms. The molecule has 3 rings (SSSR count). The summed E-state index contributed by atoms with van der Waals surface area (Å²) in [5, 5.41) is 13.5. The smallest absolute Gasteiger partial charge is 0.290 e. The van der Waals surface area contributed by atoms with Crippen molar-refractivity contribution in [1.29, 1.82) is 0 Å². The van der Waals surface area contributed by atoms with E-state index in [1.165, 1.54) is 28.8 Å². The van der Waals surface area contributed by atoms with E-state index in [2.05, 4.69) is 71.9 Å². The van der Waals surface area contributed by atoms with Gasteiger partial charge < -0.3 is 15.7 Å². The average molecular weight is 454 g/mol. The van der Waals surface area contributed by atoms with Gasteiger partial charge in [0.05, 0.1) is 6.04 Å². The van der Waals surface area contributed by atoms with Crippen LogP contribution in [0, 0.1) is 0 Å². The number of carbonyl (C=O) groups is 2. The van der Waals surface area contributed by atoms with Gasteiger partial charge in [-0.25, -0.2) is 0 Å². The van der Waals surface area contributed by atoms with Crippen molar-refractivity contribution in [1.82, 2.24) is 15.5 Å². The van der Waals surface area contributed by atoms with Crippen molar-refractivity contribution < 1.29 is 14.7 Å². The normalized spacial score (nSPS) is 17.1. The lowest BCUT2D eigenvalue weighted by atomic mass is 10.0. The highest BCUT2D eigenvalue weighted by molar-refractivity contribution is 5.76. The maximum absolute atomic E-state index is 12.3. The number of carbonyl (C=O) groups excluding carboxylic acids is 1. The molecule has 180 valence electrons. The minimum Gasteiger partial charge on any atom is -0.483 e. The molecule has 0 aromatic heterocycles. The number of hydrogen-bond donors (Lipinski definition) is 3. The summed E-state index contributed by atoms with van der Waals surface area (Å²) in [6, 6.07) is 10.8. The lowest BCUT2D eigenvalue weighted by molar-refractivity contribution is -0.123. The molecular weight excluding hydrogens is 414 g/mol. The van der Waals surface area contributed by atoms with Gasteiger partial charge in [0.15, 0.2) is 0 Å². The fourth-order valence-electron chi connectivity index (χ4n) is 4.17. The highest BCUT2D eigenvalue weighted by Gasteiger charge is 2.27. The molecule has 0 aliphatic carbocycles. The van der Waals surface area contributed by atoms with Gasteiger partial charge in [-0.2, -0.15) is 0 Å². The fraction of sp³-hybridized carbons (Fsp3) is 0.481. The van der Waals surface area contributed by atoms with E-state index in [4.69, 9.17) is 9.90 Å². The van der Waals surface area contributed by atoms with E-state index in [1.54, 1.807) is 0 Å². The van der Waals surface area contributed by atoms with Gasteiger partial charge in [-0.3, -0.25) is 14.5 Å². The molecule has 1 saturated heterocycles. The molecule has 0 unspecified atom stereocenters. The van der Waals surface area contributed by atoms with Crippen molar-refractivity contribution in [3.63, 3.8) is 0 Å². The number of hydrogen-bond acceptors (Lipinski definition) is 4. The molecule has 2 aliphatic rings. The van der Waals surface area contributed by atoms with Crippen LogP contribution in [0.5, 0.6) is 0 Å². The van der Waals surface area contributed by atoms with Crippen molar-refractivity contribution >= 4 is 12.4 Å². The molecule has 0 saturated carbocycles. The van der Waals surface area contributed by atoms with Crippen molar-refractivity contribution in [2.24, 2.45) is 0 Å². The SMILES string of the molecule is CC/C=C(/C=C\C1=C(C)NCCC1)CCCC(=O)NC1CN(Cc2ccccc2)C1.O=CO. The van der Waals surface area contributed by atoms with E-state index in [-0.39, 0.29) is 12.4 Å². The Morgan fingerprint density at radius 3 is 2.64 bits per heavy atom. The van der Waals surface area contributed by atoms with Crippen LogP contribution < -0.4 is 10.6 Å². The topological polar surface area (TPSA) is 81.7 Å². The van der Waals surface area contributed by atoms with Crippen LogP contribution in [0.15, 0.2) is 65.4 Å². The van der Waals surface area contributed by atoms with Gasteiger partial charge in [-0.15, -0.1) is 0 Å². The van der Waals surface area contributed by atoms with Crippen LogP contribution in [0.1, 0.15) is 57.9 Å². The van der Waals surface area contributed by atoms with Gasteiger partial charge in [0.25, 0.3) is 6.47 Å². The van der Waals surface area contributed by atoms with Crippen LogP contribution in [0.2, 0.25) is 0 Å². The first kappa shape index (κ1) is 26.4. The summed E-state index contributed by atoms with van der Waals surface area (Å²) in [6.07, 6.45) is 12.6. The summed E-state index contributed by atoms with van der Waals surface area (Å²) in [5.41, 5.74) is 5.38. The number of benzene rings is 1. The summed E-state index contributed by atoms with van der Waals surface area (Å²) in [6.45, 7) is 8.04. The molecular formula is C27H39N3O3. The van der Waals surface area contributed by atoms with Crippen molar-refractivity contribution in [2.45, 2.75) is 65.0 Å². The molecule has 33 heavy (non-hydrogen) atoms. The largest absolute Gasteiger partial charge is 0.483 e. The second kappa shape index (κ2) is 15.1. The summed E-state index contributed by atoms with van der Waals surface area (Å²) < 4.78 is 0. The number of nitrogens with one attached hydrogen (secondary N) is 2. The van der Waals surface area contributed by atoms with Crippen molar-refractivity contribution in [3.05, 3.63) is 71.0 Å². The van der Waals surface area contributed by atoms with Crippen molar-refractivity contribution in [3.8, 4) is 0 Å². The van der Waals surface area contributed by atoms with Crippen LogP contribution in [0.3, 0.4) is 0 Å². The second-order valence-electron chi connectivity index (χ2n) is 8.60. The first-order chi connectivity index (χ1) is 16.0. The Morgan fingerprint density at radius 2 is 1.97 bits per heavy atom. The predicted molar refractivity (Wildman–Crippen MR) is 134 cm³/mol. The Balaban J connectivity index is 0.00000122. The molecule has 2 aliphatic heterocycles. The molecule has 3 N–H and O–H groups in total. The molecule has 1 fully saturated rings. The third kappa shape index (κ3) is 10.1. The fourth-order valence-corrected chi connectivity index (χ4v) is 4.17. The number of carboxylic acid groups (broad SMARTS) is 1. The average Bonchev–Trinajstić information content (AvgIpc) is 2.78. The number of allylic oxidation sites excluding steroid dienone is 6. The van der Waals surface area contributed by atoms with Gasteiger partial charge in [0.2, 0.25) is 5.91 Å². The second-order valence-corrected chi connectivity index (χ2v) is 8.60. The van der Waals surface area contributed by atoms with Crippen molar-refractivity contribution in [2.75, 3.05) is 19.6 Å². The number of amides is 1. The quantitative estimate of drug-likeness (QED) is 0.361. The molecule has 2 heterocycles. The zero-order chi connectivity index (χ0) is 23.9. The van der Waals surface area contributed by atoms with Gasteiger partial charge in [-0.05, 0) is 50.2 Å². The molecule has 1 aromatic rings. The number of rotatable bonds is 10. The monoisotopic (exact) mass is 453 g/mol. The standard InChI is InChI=1S/C26H37N3O.CH2O2/c1-3-9-22(15-16-24-13-8-17-27-21(24)2)12-7-14-26(30)28-25-19-29(20-25)18-23-10-5-4-6-11-23;2-1-3/h4-6,9-11,15-16,25,27H,3,7-8,12-14,17-20H2,1-2H3,(H,28,30);1H,(H,2,3)/b16-15-,22-9+;. The predicted octanol–water partition coefficient (Wildman–Crippen LogP) is 4.41. The van der Waals surface area contributed by atoms with E-state index in [9.17, 15) is 4.79 Å². The van der Waals surface area contributed by atoms with Gasteiger partial charge in [-0.1, -0.05) is 61.1 Å². The minimum atomic E-state index is -0.250. The highest BCUT2D eigenvalue weighted by Crippen LogP contribution is 2.18. The van der Waals surface area contributed by atoms with Gasteiger partial charge in [0, 0.05) is 38.3 Å². The van der Waals surface area contributed by atoms with E-state index in [0.29, 0.717) is 12.5 Å². The van der Waals surface area contributed by atoms with Crippen LogP contribution in [0.4, 0.5) is 0 Å². The third-order valence-electron chi connectivity index (χ3n) is 5.90. The number of nitrogens with zero attached hydrogens (tertiary/aromatic N) is 1. The summed E-state index contributed by atoms with van der Waals surface area (Å²) in [7, 11) is 0. The Morgan fingerprint density at radius 1 is 1.24 bits per heavy atom. The molecule has 6 nitrogen and oxygen atoms in total. The maximum atomic E-state index is 12.3. The third-order valence-corrected chi connectivity index (χ3v) is 5.90. The molecule has 1 amide bonds. The van der Waals surface area contributed by atoms with Crippen LogP contribution in [0.25, 0.3) is 0 Å². The van der Waals surface area contributed by atoms with Gasteiger partial charge >= 0.3 is 0 Å². The van der Waals surface area contributed by atoms with Crippen LogP contribution in [-0.4, -0.2) is 48.1 Å². The zero-order valence-corrected chi connectivity index (χ0v) is 20.1. The number of likely N-dealkylation sites (tertiary alicyclic amines) is 1. The van der Waals surface area contributed by atoms with Crippen LogP contribution >= 0.6 is 0 Å². The Labute approximate surface area is 198 Å². The van der Waals surface area contributed by atoms with E-state index in [0.717, 1.165) is 51.9 Å². The summed E-state index contributed by atoms with van der Waals surface area (Å²) in [5.74, 6) is 0.189. The molecule has 0 bridgehead atoms. The van der Waals surface area contributed by atoms with Crippen LogP contribution in [-0.2, 0) is 16.1 Å². The van der Waals surface area contributed by atoms with Gasteiger partial charge in [0.1, 0.15) is 0 Å². The lowest BCUT2D eigenvalue weighted by Gasteiger charge is -2.39. The maximum Gasteiger partial charge on any atom is 0.290 e. The molecule has 6 heteroatoms. The molecule has 1 aromatic carbocycles. The van der Waals surface area contributed by atoms with E-state index < -0.39 is 0 Å². The van der Waals surface area contributed by atoms with E-state index >= 15 is 0 Å². The molecule has 0 atom stereocenters. The Kier molecular flexibility index (Phi) is 12.0. The summed E-state index contributed by atoms with van der Waals surface area (Å²) in [4.78, 5) is 23.1. The Hall–Kier alpha value is -2.86.